The summed E-state index contributed by atoms with van der Waals surface area (Å²) in [7, 11) is 0. The second kappa shape index (κ2) is 6.87. The fourth-order valence-electron chi connectivity index (χ4n) is 1.58. The van der Waals surface area contributed by atoms with Gasteiger partial charge in [0.2, 0.25) is 0 Å². The molecule has 0 spiro atoms. The molecule has 0 fully saturated rings. The van der Waals surface area contributed by atoms with Gasteiger partial charge in [-0.3, -0.25) is 0 Å². The van der Waals surface area contributed by atoms with E-state index in [1.807, 2.05) is 13.8 Å². The molecule has 1 unspecified atom stereocenters. The third kappa shape index (κ3) is 4.08. The Morgan fingerprint density at radius 1 is 1.44 bits per heavy atom. The molecule has 0 saturated carbocycles. The monoisotopic (exact) mass is 315 g/mol. The molecule has 0 aromatic heterocycles. The van der Waals surface area contributed by atoms with E-state index in [0.29, 0.717) is 12.5 Å². The first-order valence-electron chi connectivity index (χ1n) is 5.81. The minimum atomic E-state index is -0.939. The average Bonchev–Trinajstić information content (AvgIpc) is 2.30. The lowest BCUT2D eigenvalue weighted by atomic mass is 10.0. The summed E-state index contributed by atoms with van der Waals surface area (Å²) in [5.74, 6) is -0.599. The van der Waals surface area contributed by atoms with Crippen molar-refractivity contribution in [1.29, 1.82) is 0 Å². The van der Waals surface area contributed by atoms with Crippen molar-refractivity contribution >= 4 is 21.9 Å². The van der Waals surface area contributed by atoms with Crippen LogP contribution in [0.15, 0.2) is 22.7 Å². The first-order chi connectivity index (χ1) is 8.45. The van der Waals surface area contributed by atoms with Crippen LogP contribution in [0.2, 0.25) is 0 Å². The van der Waals surface area contributed by atoms with Crippen molar-refractivity contribution in [2.75, 3.05) is 6.61 Å². The minimum Gasteiger partial charge on any atom is -0.478 e. The molecule has 0 aliphatic rings. The molecule has 0 aliphatic heterocycles. The zero-order valence-electron chi connectivity index (χ0n) is 10.5. The molecule has 3 N–H and O–H groups in total. The molecule has 0 aliphatic carbocycles. The minimum absolute atomic E-state index is 0.0380. The van der Waals surface area contributed by atoms with Gasteiger partial charge in [0.05, 0.1) is 12.2 Å². The van der Waals surface area contributed by atoms with Gasteiger partial charge in [-0.25, -0.2) is 4.79 Å². The van der Waals surface area contributed by atoms with E-state index in [1.54, 1.807) is 18.2 Å². The average molecular weight is 316 g/mol. The fraction of sp³-hybridized carbons (Fsp3) is 0.462. The van der Waals surface area contributed by atoms with Crippen LogP contribution in [-0.2, 0) is 6.54 Å². The van der Waals surface area contributed by atoms with Gasteiger partial charge in [-0.1, -0.05) is 35.8 Å². The van der Waals surface area contributed by atoms with Crippen LogP contribution in [0.4, 0.5) is 0 Å². The van der Waals surface area contributed by atoms with Crippen molar-refractivity contribution in [3.05, 3.63) is 33.8 Å². The molecule has 0 radical (unpaired) electrons. The Kier molecular flexibility index (Phi) is 5.78. The van der Waals surface area contributed by atoms with Gasteiger partial charge in [-0.05, 0) is 23.6 Å². The van der Waals surface area contributed by atoms with Crippen LogP contribution in [0.3, 0.4) is 0 Å². The fourth-order valence-corrected chi connectivity index (χ4v) is 2.09. The molecule has 0 heterocycles. The SMILES string of the molecule is CC(C)C(CO)NCc1ccc(C(=O)O)cc1Br. The maximum absolute atomic E-state index is 10.8. The molecule has 1 aromatic carbocycles. The summed E-state index contributed by atoms with van der Waals surface area (Å²) < 4.78 is 0.760. The molecule has 4 nitrogen and oxygen atoms in total. The number of carboxylic acids is 1. The number of benzene rings is 1. The van der Waals surface area contributed by atoms with E-state index >= 15 is 0 Å². The molecule has 1 rings (SSSR count). The van der Waals surface area contributed by atoms with Gasteiger partial charge in [0.1, 0.15) is 0 Å². The Balaban J connectivity index is 2.71. The molecule has 5 heteroatoms. The van der Waals surface area contributed by atoms with Crippen LogP contribution in [-0.4, -0.2) is 28.8 Å². The summed E-state index contributed by atoms with van der Waals surface area (Å²) in [6, 6.07) is 4.97. The third-order valence-corrected chi connectivity index (χ3v) is 3.59. The maximum Gasteiger partial charge on any atom is 0.335 e. The zero-order chi connectivity index (χ0) is 13.7. The van der Waals surface area contributed by atoms with E-state index in [9.17, 15) is 9.90 Å². The number of carbonyl (C=O) groups is 1. The Morgan fingerprint density at radius 2 is 2.11 bits per heavy atom. The molecule has 0 bridgehead atoms. The third-order valence-electron chi connectivity index (χ3n) is 2.86. The molecule has 0 amide bonds. The van der Waals surface area contributed by atoms with Crippen molar-refractivity contribution in [3.8, 4) is 0 Å². The second-order valence-electron chi connectivity index (χ2n) is 4.53. The number of aliphatic hydroxyl groups excluding tert-OH is 1. The number of halogens is 1. The molecule has 1 atom stereocenters. The number of hydrogen-bond donors (Lipinski definition) is 3. The van der Waals surface area contributed by atoms with Crippen molar-refractivity contribution in [2.24, 2.45) is 5.92 Å². The molecular weight excluding hydrogens is 298 g/mol. The second-order valence-corrected chi connectivity index (χ2v) is 5.38. The summed E-state index contributed by atoms with van der Waals surface area (Å²) in [6.07, 6.45) is 0. The first kappa shape index (κ1) is 15.1. The van der Waals surface area contributed by atoms with E-state index in [4.69, 9.17) is 5.11 Å². The van der Waals surface area contributed by atoms with Gasteiger partial charge in [0.25, 0.3) is 0 Å². The highest BCUT2D eigenvalue weighted by atomic mass is 79.9. The van der Waals surface area contributed by atoms with Crippen LogP contribution in [0, 0.1) is 5.92 Å². The van der Waals surface area contributed by atoms with Gasteiger partial charge in [-0.15, -0.1) is 0 Å². The van der Waals surface area contributed by atoms with E-state index < -0.39 is 5.97 Å². The molecular formula is C13H18BrNO3. The Hall–Kier alpha value is -0.910. The van der Waals surface area contributed by atoms with Crippen molar-refractivity contribution in [1.82, 2.24) is 5.32 Å². The van der Waals surface area contributed by atoms with Crippen LogP contribution < -0.4 is 5.32 Å². The van der Waals surface area contributed by atoms with Crippen LogP contribution in [0.5, 0.6) is 0 Å². The summed E-state index contributed by atoms with van der Waals surface area (Å²) in [6.45, 7) is 4.75. The Morgan fingerprint density at radius 3 is 2.56 bits per heavy atom. The number of nitrogens with one attached hydrogen (secondary N) is 1. The van der Waals surface area contributed by atoms with Gasteiger partial charge >= 0.3 is 5.97 Å². The van der Waals surface area contributed by atoms with E-state index in [2.05, 4.69) is 21.2 Å². The lowest BCUT2D eigenvalue weighted by Gasteiger charge is -2.20. The number of hydrogen-bond acceptors (Lipinski definition) is 3. The normalized spacial score (nSPS) is 12.7. The number of aromatic carboxylic acids is 1. The largest absolute Gasteiger partial charge is 0.478 e. The highest BCUT2D eigenvalue weighted by Crippen LogP contribution is 2.19. The van der Waals surface area contributed by atoms with Crippen LogP contribution in [0.1, 0.15) is 29.8 Å². The van der Waals surface area contributed by atoms with Crippen LogP contribution in [0.25, 0.3) is 0 Å². The topological polar surface area (TPSA) is 69.6 Å². The van der Waals surface area contributed by atoms with Gasteiger partial charge in [0.15, 0.2) is 0 Å². The Bertz CT molecular complexity index is 421. The standard InChI is InChI=1S/C13H18BrNO3/c1-8(2)12(7-16)15-6-10-4-3-9(13(17)18)5-11(10)14/h3-5,8,12,15-16H,6-7H2,1-2H3,(H,17,18). The highest BCUT2D eigenvalue weighted by Gasteiger charge is 2.12. The number of carboxylic acid groups (broad SMARTS) is 1. The predicted molar refractivity (Wildman–Crippen MR) is 73.7 cm³/mol. The summed E-state index contributed by atoms with van der Waals surface area (Å²) in [5.41, 5.74) is 1.23. The maximum atomic E-state index is 10.8. The smallest absolute Gasteiger partial charge is 0.335 e. The zero-order valence-corrected chi connectivity index (χ0v) is 12.1. The van der Waals surface area contributed by atoms with E-state index in [0.717, 1.165) is 10.0 Å². The number of rotatable bonds is 6. The van der Waals surface area contributed by atoms with Gasteiger partial charge < -0.3 is 15.5 Å². The molecule has 18 heavy (non-hydrogen) atoms. The van der Waals surface area contributed by atoms with E-state index in [1.165, 1.54) is 0 Å². The van der Waals surface area contributed by atoms with Gasteiger partial charge in [0, 0.05) is 17.1 Å². The first-order valence-corrected chi connectivity index (χ1v) is 6.61. The Labute approximate surface area is 115 Å². The van der Waals surface area contributed by atoms with Crippen molar-refractivity contribution in [2.45, 2.75) is 26.4 Å². The molecule has 100 valence electrons. The quantitative estimate of drug-likeness (QED) is 0.753. The summed E-state index contributed by atoms with van der Waals surface area (Å²) in [4.78, 5) is 10.8. The van der Waals surface area contributed by atoms with Crippen molar-refractivity contribution in [3.63, 3.8) is 0 Å². The molecule has 1 aromatic rings. The lowest BCUT2D eigenvalue weighted by molar-refractivity contribution is 0.0697. The predicted octanol–water partition coefficient (Wildman–Crippen LogP) is 2.25. The highest BCUT2D eigenvalue weighted by molar-refractivity contribution is 9.10. The van der Waals surface area contributed by atoms with E-state index in [-0.39, 0.29) is 18.2 Å². The summed E-state index contributed by atoms with van der Waals surface area (Å²) in [5, 5.41) is 21.3. The van der Waals surface area contributed by atoms with Crippen molar-refractivity contribution < 1.29 is 15.0 Å². The summed E-state index contributed by atoms with van der Waals surface area (Å²) >= 11 is 3.36. The number of aliphatic hydroxyl groups is 1. The van der Waals surface area contributed by atoms with Crippen LogP contribution >= 0.6 is 15.9 Å². The molecule has 0 saturated heterocycles. The van der Waals surface area contributed by atoms with Gasteiger partial charge in [-0.2, -0.15) is 0 Å². The lowest BCUT2D eigenvalue weighted by Crippen LogP contribution is -2.36.